The molecule has 1 fully saturated rings. The summed E-state index contributed by atoms with van der Waals surface area (Å²) in [4.78, 5) is 21.5. The number of carbonyl (C=O) groups excluding carboxylic acids is 1. The average molecular weight is 491 g/mol. The fraction of sp³-hybridized carbons (Fsp3) is 0.476. The van der Waals surface area contributed by atoms with Crippen LogP contribution >= 0.6 is 0 Å². The topological polar surface area (TPSA) is 79.4 Å². The standard InChI is InChI=1S/C21H23F6N5O2/c1-32(2)17-16(20(22,23)24)11-28-19(31-17)30-14-7-5-13(6-8-14)29-18(33)12-3-9-15(10-4-12)34-21(25,26)27/h3-4,9-11,13-14H,5-8H2,1-2H3,(H,29,33)(H,28,30,31). The number of alkyl halides is 6. The highest BCUT2D eigenvalue weighted by molar-refractivity contribution is 5.94. The zero-order chi connectivity index (χ0) is 25.1. The van der Waals surface area contributed by atoms with Crippen LogP contribution in [0, 0.1) is 0 Å². The number of aromatic nitrogens is 2. The summed E-state index contributed by atoms with van der Waals surface area (Å²) >= 11 is 0. The molecule has 34 heavy (non-hydrogen) atoms. The molecule has 0 unspecified atom stereocenters. The van der Waals surface area contributed by atoms with Gasteiger partial charge in [-0.25, -0.2) is 4.98 Å². The first-order valence-corrected chi connectivity index (χ1v) is 10.4. The lowest BCUT2D eigenvalue weighted by Crippen LogP contribution is -2.40. The van der Waals surface area contributed by atoms with Gasteiger partial charge in [0, 0.05) is 37.9 Å². The van der Waals surface area contributed by atoms with Crippen molar-refractivity contribution in [2.75, 3.05) is 24.3 Å². The lowest BCUT2D eigenvalue weighted by molar-refractivity contribution is -0.274. The van der Waals surface area contributed by atoms with Gasteiger partial charge in [0.15, 0.2) is 0 Å². The number of anilines is 2. The normalized spacial score (nSPS) is 18.8. The molecule has 186 valence electrons. The van der Waals surface area contributed by atoms with E-state index in [9.17, 15) is 31.1 Å². The highest BCUT2D eigenvalue weighted by atomic mass is 19.4. The van der Waals surface area contributed by atoms with E-state index in [1.807, 2.05) is 0 Å². The largest absolute Gasteiger partial charge is 0.573 e. The minimum absolute atomic E-state index is 0.0845. The maximum Gasteiger partial charge on any atom is 0.573 e. The van der Waals surface area contributed by atoms with Crippen LogP contribution in [-0.2, 0) is 6.18 Å². The number of hydrogen-bond acceptors (Lipinski definition) is 6. The van der Waals surface area contributed by atoms with Crippen LogP contribution in [-0.4, -0.2) is 48.4 Å². The van der Waals surface area contributed by atoms with Gasteiger partial charge in [0.2, 0.25) is 5.95 Å². The van der Waals surface area contributed by atoms with Crippen molar-refractivity contribution in [2.24, 2.45) is 0 Å². The van der Waals surface area contributed by atoms with Crippen molar-refractivity contribution in [2.45, 2.75) is 50.3 Å². The van der Waals surface area contributed by atoms with Crippen LogP contribution in [0.15, 0.2) is 30.5 Å². The number of halogens is 6. The van der Waals surface area contributed by atoms with Crippen LogP contribution in [0.2, 0.25) is 0 Å². The predicted molar refractivity (Wildman–Crippen MR) is 112 cm³/mol. The number of rotatable bonds is 6. The van der Waals surface area contributed by atoms with Crippen molar-refractivity contribution in [1.82, 2.24) is 15.3 Å². The van der Waals surface area contributed by atoms with E-state index < -0.39 is 29.8 Å². The first-order valence-electron chi connectivity index (χ1n) is 10.4. The molecule has 1 aliphatic rings. The monoisotopic (exact) mass is 491 g/mol. The zero-order valence-electron chi connectivity index (χ0n) is 18.3. The maximum atomic E-state index is 13.1. The van der Waals surface area contributed by atoms with Gasteiger partial charge in [-0.05, 0) is 49.9 Å². The molecule has 1 saturated carbocycles. The second kappa shape index (κ2) is 9.94. The maximum absolute atomic E-state index is 13.1. The van der Waals surface area contributed by atoms with Crippen LogP contribution in [0.25, 0.3) is 0 Å². The second-order valence-electron chi connectivity index (χ2n) is 8.06. The summed E-state index contributed by atoms with van der Waals surface area (Å²) in [5, 5.41) is 5.89. The number of benzene rings is 1. The minimum Gasteiger partial charge on any atom is -0.406 e. The number of hydrogen-bond donors (Lipinski definition) is 2. The molecule has 0 aliphatic heterocycles. The van der Waals surface area contributed by atoms with Crippen LogP contribution < -0.4 is 20.3 Å². The van der Waals surface area contributed by atoms with Crippen LogP contribution in [0.4, 0.5) is 38.1 Å². The van der Waals surface area contributed by atoms with Gasteiger partial charge >= 0.3 is 12.5 Å². The quantitative estimate of drug-likeness (QED) is 0.575. The molecule has 1 heterocycles. The Morgan fingerprint density at radius 1 is 1.00 bits per heavy atom. The Balaban J connectivity index is 1.53. The summed E-state index contributed by atoms with van der Waals surface area (Å²) in [5.41, 5.74) is -0.725. The molecule has 0 spiro atoms. The fourth-order valence-corrected chi connectivity index (χ4v) is 3.62. The summed E-state index contributed by atoms with van der Waals surface area (Å²) in [6, 6.07) is 4.38. The van der Waals surface area contributed by atoms with Crippen molar-refractivity contribution in [3.05, 3.63) is 41.6 Å². The highest BCUT2D eigenvalue weighted by Gasteiger charge is 2.36. The van der Waals surface area contributed by atoms with Crippen LogP contribution in [0.5, 0.6) is 5.75 Å². The fourth-order valence-electron chi connectivity index (χ4n) is 3.62. The zero-order valence-corrected chi connectivity index (χ0v) is 18.3. The molecule has 3 rings (SSSR count). The van der Waals surface area contributed by atoms with E-state index >= 15 is 0 Å². The lowest BCUT2D eigenvalue weighted by atomic mass is 9.91. The SMILES string of the molecule is CN(C)c1nc(NC2CCC(NC(=O)c3ccc(OC(F)(F)F)cc3)CC2)ncc1C(F)(F)F. The predicted octanol–water partition coefficient (Wildman–Crippen LogP) is 4.61. The van der Waals surface area contributed by atoms with Crippen molar-refractivity contribution >= 4 is 17.7 Å². The summed E-state index contributed by atoms with van der Waals surface area (Å²) in [7, 11) is 2.93. The van der Waals surface area contributed by atoms with Crippen molar-refractivity contribution in [3.8, 4) is 5.75 Å². The Labute approximate surface area is 191 Å². The van der Waals surface area contributed by atoms with E-state index in [0.717, 1.165) is 18.3 Å². The van der Waals surface area contributed by atoms with E-state index in [2.05, 4.69) is 25.3 Å². The molecule has 1 aromatic heterocycles. The highest BCUT2D eigenvalue weighted by Crippen LogP contribution is 2.35. The van der Waals surface area contributed by atoms with Gasteiger partial charge in [0.05, 0.1) is 0 Å². The van der Waals surface area contributed by atoms with E-state index in [4.69, 9.17) is 0 Å². The third-order valence-corrected chi connectivity index (χ3v) is 5.24. The number of carbonyl (C=O) groups is 1. The van der Waals surface area contributed by atoms with Gasteiger partial charge in [0.25, 0.3) is 5.91 Å². The molecule has 1 aromatic carbocycles. The van der Waals surface area contributed by atoms with Gasteiger partial charge in [0.1, 0.15) is 17.1 Å². The summed E-state index contributed by atoms with van der Waals surface area (Å²) in [6.45, 7) is 0. The summed E-state index contributed by atoms with van der Waals surface area (Å²) in [6.07, 6.45) is -6.20. The van der Waals surface area contributed by atoms with E-state index in [0.29, 0.717) is 25.7 Å². The Morgan fingerprint density at radius 3 is 2.12 bits per heavy atom. The van der Waals surface area contributed by atoms with Gasteiger partial charge in [-0.2, -0.15) is 18.2 Å². The molecule has 1 aliphatic carbocycles. The Kier molecular flexibility index (Phi) is 7.41. The Bertz CT molecular complexity index is 987. The van der Waals surface area contributed by atoms with Crippen molar-refractivity contribution in [1.29, 1.82) is 0 Å². The first-order chi connectivity index (χ1) is 15.8. The van der Waals surface area contributed by atoms with Crippen molar-refractivity contribution in [3.63, 3.8) is 0 Å². The smallest absolute Gasteiger partial charge is 0.406 e. The molecule has 7 nitrogen and oxygen atoms in total. The van der Waals surface area contributed by atoms with Gasteiger partial charge in [-0.1, -0.05) is 0 Å². The van der Waals surface area contributed by atoms with Crippen molar-refractivity contribution < 1.29 is 35.9 Å². The minimum atomic E-state index is -4.81. The van der Waals surface area contributed by atoms with Crippen LogP contribution in [0.1, 0.15) is 41.6 Å². The number of nitrogens with zero attached hydrogens (tertiary/aromatic N) is 3. The molecule has 13 heteroatoms. The summed E-state index contributed by atoms with van der Waals surface area (Å²) in [5.74, 6) is -0.988. The molecule has 0 saturated heterocycles. The molecular formula is C21H23F6N5O2. The van der Waals surface area contributed by atoms with E-state index in [1.165, 1.54) is 31.1 Å². The third-order valence-electron chi connectivity index (χ3n) is 5.24. The van der Waals surface area contributed by atoms with Crippen LogP contribution in [0.3, 0.4) is 0 Å². The molecule has 2 N–H and O–H groups in total. The molecule has 1 amide bonds. The number of ether oxygens (including phenoxy) is 1. The average Bonchev–Trinajstić information content (AvgIpc) is 2.73. The number of amides is 1. The molecule has 0 radical (unpaired) electrons. The molecule has 0 bridgehead atoms. The Morgan fingerprint density at radius 2 is 1.59 bits per heavy atom. The molecule has 0 atom stereocenters. The first kappa shape index (κ1) is 25.4. The van der Waals surface area contributed by atoms with Gasteiger partial charge < -0.3 is 20.3 Å². The Hall–Kier alpha value is -3.25. The lowest BCUT2D eigenvalue weighted by Gasteiger charge is -2.30. The van der Waals surface area contributed by atoms with E-state index in [1.54, 1.807) is 0 Å². The summed E-state index contributed by atoms with van der Waals surface area (Å²) < 4.78 is 79.9. The van der Waals surface area contributed by atoms with Gasteiger partial charge in [-0.3, -0.25) is 4.79 Å². The third kappa shape index (κ3) is 6.87. The molecule has 2 aromatic rings. The van der Waals surface area contributed by atoms with E-state index in [-0.39, 0.29) is 29.4 Å². The van der Waals surface area contributed by atoms with Gasteiger partial charge in [-0.15, -0.1) is 13.2 Å². The molecular weight excluding hydrogens is 468 g/mol. The number of nitrogens with one attached hydrogen (secondary N) is 2. The second-order valence-corrected chi connectivity index (χ2v) is 8.06.